The van der Waals surface area contributed by atoms with E-state index in [1.807, 2.05) is 11.4 Å². The van der Waals surface area contributed by atoms with Gasteiger partial charge in [0.25, 0.3) is 0 Å². The van der Waals surface area contributed by atoms with Gasteiger partial charge < -0.3 is 5.32 Å². The van der Waals surface area contributed by atoms with E-state index in [9.17, 15) is 9.59 Å². The van der Waals surface area contributed by atoms with Gasteiger partial charge in [0.1, 0.15) is 0 Å². The second kappa shape index (κ2) is 6.50. The Morgan fingerprint density at radius 3 is 2.53 bits per heavy atom. The number of amides is 1. The van der Waals surface area contributed by atoms with Gasteiger partial charge in [0.05, 0.1) is 17.8 Å². The Hall–Kier alpha value is -1.65. The lowest BCUT2D eigenvalue weighted by atomic mass is 10.1. The van der Waals surface area contributed by atoms with E-state index < -0.39 is 0 Å². The first-order valence-electron chi connectivity index (χ1n) is 5.73. The molecule has 0 aliphatic carbocycles. The summed E-state index contributed by atoms with van der Waals surface area (Å²) >= 11 is 7.14. The van der Waals surface area contributed by atoms with Crippen molar-refractivity contribution >= 4 is 34.6 Å². The van der Waals surface area contributed by atoms with Gasteiger partial charge in [-0.05, 0) is 29.1 Å². The van der Waals surface area contributed by atoms with Crippen molar-refractivity contribution in [1.29, 1.82) is 0 Å². The molecule has 0 aliphatic rings. The number of ketones is 1. The summed E-state index contributed by atoms with van der Waals surface area (Å²) < 4.78 is 0. The highest BCUT2D eigenvalue weighted by atomic mass is 35.5. The van der Waals surface area contributed by atoms with Crippen LogP contribution in [0.15, 0.2) is 41.8 Å². The van der Waals surface area contributed by atoms with E-state index in [2.05, 4.69) is 5.32 Å². The molecule has 0 spiro atoms. The molecule has 2 rings (SSSR count). The topological polar surface area (TPSA) is 46.2 Å². The van der Waals surface area contributed by atoms with E-state index in [0.717, 1.165) is 5.56 Å². The van der Waals surface area contributed by atoms with Crippen molar-refractivity contribution in [2.75, 3.05) is 6.54 Å². The zero-order valence-corrected chi connectivity index (χ0v) is 11.6. The van der Waals surface area contributed by atoms with Crippen LogP contribution in [-0.2, 0) is 11.2 Å². The van der Waals surface area contributed by atoms with Crippen molar-refractivity contribution in [3.05, 3.63) is 57.2 Å². The van der Waals surface area contributed by atoms with Crippen molar-refractivity contribution in [3.8, 4) is 0 Å². The van der Waals surface area contributed by atoms with Crippen LogP contribution in [0.5, 0.6) is 0 Å². The minimum absolute atomic E-state index is 0.0347. The fraction of sp³-hybridized carbons (Fsp3) is 0.143. The Morgan fingerprint density at radius 1 is 1.16 bits per heavy atom. The molecule has 0 saturated heterocycles. The number of hydrogen-bond acceptors (Lipinski definition) is 3. The lowest BCUT2D eigenvalue weighted by molar-refractivity contribution is -0.120. The number of rotatable bonds is 5. The summed E-state index contributed by atoms with van der Waals surface area (Å²) in [5, 5.41) is 5.09. The third-order valence-electron chi connectivity index (χ3n) is 2.52. The fourth-order valence-electron chi connectivity index (χ4n) is 1.55. The molecule has 1 aromatic heterocycles. The van der Waals surface area contributed by atoms with Crippen LogP contribution in [0, 0.1) is 0 Å². The summed E-state index contributed by atoms with van der Waals surface area (Å²) in [6.07, 6.45) is 0.245. The number of Topliss-reactive ketones (excluding diaryl/α,β-unsaturated/α-hetero) is 1. The van der Waals surface area contributed by atoms with Crippen molar-refractivity contribution in [1.82, 2.24) is 5.32 Å². The molecule has 98 valence electrons. The van der Waals surface area contributed by atoms with Crippen LogP contribution >= 0.6 is 22.9 Å². The highest BCUT2D eigenvalue weighted by Gasteiger charge is 2.09. The summed E-state index contributed by atoms with van der Waals surface area (Å²) in [5.41, 5.74) is 0.866. The Balaban J connectivity index is 1.82. The minimum atomic E-state index is -0.174. The number of halogens is 1. The average Bonchev–Trinajstić information content (AvgIpc) is 2.93. The molecular weight excluding hydrogens is 282 g/mol. The van der Waals surface area contributed by atoms with E-state index >= 15 is 0 Å². The molecule has 3 nitrogen and oxygen atoms in total. The number of benzene rings is 1. The average molecular weight is 294 g/mol. The maximum Gasteiger partial charge on any atom is 0.224 e. The maximum absolute atomic E-state index is 11.7. The van der Waals surface area contributed by atoms with E-state index in [4.69, 9.17) is 11.6 Å². The van der Waals surface area contributed by atoms with E-state index in [0.29, 0.717) is 9.90 Å². The molecule has 0 aliphatic heterocycles. The number of hydrogen-bond donors (Lipinski definition) is 1. The van der Waals surface area contributed by atoms with E-state index in [1.165, 1.54) is 11.3 Å². The molecule has 0 atom stereocenters. The van der Waals surface area contributed by atoms with Crippen molar-refractivity contribution in [2.45, 2.75) is 6.42 Å². The lowest BCUT2D eigenvalue weighted by Crippen LogP contribution is -2.30. The van der Waals surface area contributed by atoms with Gasteiger partial charge in [-0.25, -0.2) is 0 Å². The summed E-state index contributed by atoms with van der Waals surface area (Å²) in [4.78, 5) is 24.0. The van der Waals surface area contributed by atoms with Crippen molar-refractivity contribution in [2.24, 2.45) is 0 Å². The van der Waals surface area contributed by atoms with Crippen LogP contribution in [0.2, 0.25) is 5.02 Å². The lowest BCUT2D eigenvalue weighted by Gasteiger charge is -2.04. The van der Waals surface area contributed by atoms with Gasteiger partial charge in [0, 0.05) is 5.02 Å². The molecule has 0 unspecified atom stereocenters. The van der Waals surface area contributed by atoms with Gasteiger partial charge in [0.2, 0.25) is 5.91 Å². The molecule has 1 N–H and O–H groups in total. The van der Waals surface area contributed by atoms with Crippen LogP contribution in [0.4, 0.5) is 0 Å². The molecule has 0 saturated carbocycles. The summed E-state index contributed by atoms with van der Waals surface area (Å²) in [7, 11) is 0. The third kappa shape index (κ3) is 4.19. The van der Waals surface area contributed by atoms with E-state index in [1.54, 1.807) is 30.3 Å². The van der Waals surface area contributed by atoms with Crippen LogP contribution in [0.25, 0.3) is 0 Å². The quantitative estimate of drug-likeness (QED) is 0.862. The Labute approximate surface area is 120 Å². The van der Waals surface area contributed by atoms with Gasteiger partial charge in [-0.2, -0.15) is 0 Å². The Bertz CT molecular complexity index is 564. The number of nitrogens with one attached hydrogen (secondary N) is 1. The van der Waals surface area contributed by atoms with Gasteiger partial charge in [-0.1, -0.05) is 29.8 Å². The van der Waals surface area contributed by atoms with Crippen LogP contribution in [-0.4, -0.2) is 18.2 Å². The van der Waals surface area contributed by atoms with Crippen LogP contribution < -0.4 is 5.32 Å². The van der Waals surface area contributed by atoms with E-state index in [-0.39, 0.29) is 24.7 Å². The maximum atomic E-state index is 11.7. The molecule has 0 radical (unpaired) electrons. The minimum Gasteiger partial charge on any atom is -0.348 e. The molecule has 0 fully saturated rings. The summed E-state index contributed by atoms with van der Waals surface area (Å²) in [6.45, 7) is 0.0347. The molecular formula is C14H12ClNO2S. The van der Waals surface area contributed by atoms with Gasteiger partial charge in [0.15, 0.2) is 5.78 Å². The first-order chi connectivity index (χ1) is 9.15. The first kappa shape index (κ1) is 13.8. The third-order valence-corrected chi connectivity index (χ3v) is 3.68. The van der Waals surface area contributed by atoms with Gasteiger partial charge >= 0.3 is 0 Å². The molecule has 19 heavy (non-hydrogen) atoms. The van der Waals surface area contributed by atoms with Crippen LogP contribution in [0.3, 0.4) is 0 Å². The largest absolute Gasteiger partial charge is 0.348 e. The number of carbonyl (C=O) groups is 2. The van der Waals surface area contributed by atoms with Gasteiger partial charge in [-0.15, -0.1) is 11.3 Å². The van der Waals surface area contributed by atoms with Crippen LogP contribution in [0.1, 0.15) is 15.2 Å². The molecule has 0 bridgehead atoms. The van der Waals surface area contributed by atoms with Crippen molar-refractivity contribution < 1.29 is 9.59 Å². The summed E-state index contributed by atoms with van der Waals surface area (Å²) in [6, 6.07) is 10.6. The Morgan fingerprint density at radius 2 is 1.89 bits per heavy atom. The second-order valence-electron chi connectivity index (χ2n) is 3.98. The molecule has 1 aromatic carbocycles. The predicted octanol–water partition coefficient (Wildman–Crippen LogP) is 2.94. The normalized spacial score (nSPS) is 10.2. The molecule has 2 aromatic rings. The van der Waals surface area contributed by atoms with Crippen molar-refractivity contribution in [3.63, 3.8) is 0 Å². The highest BCUT2D eigenvalue weighted by Crippen LogP contribution is 2.10. The molecule has 1 amide bonds. The van der Waals surface area contributed by atoms with Gasteiger partial charge in [-0.3, -0.25) is 9.59 Å². The zero-order valence-electron chi connectivity index (χ0n) is 10.1. The first-order valence-corrected chi connectivity index (χ1v) is 6.99. The zero-order chi connectivity index (χ0) is 13.7. The number of carbonyl (C=O) groups excluding carboxylic acids is 2. The second-order valence-corrected chi connectivity index (χ2v) is 5.36. The predicted molar refractivity (Wildman–Crippen MR) is 76.8 cm³/mol. The molecule has 5 heteroatoms. The SMILES string of the molecule is O=C(Cc1ccc(Cl)cc1)NCC(=O)c1cccs1. The monoisotopic (exact) mass is 293 g/mol. The number of thiophene rings is 1. The summed E-state index contributed by atoms with van der Waals surface area (Å²) in [5.74, 6) is -0.244. The Kier molecular flexibility index (Phi) is 4.71. The smallest absolute Gasteiger partial charge is 0.224 e. The standard InChI is InChI=1S/C14H12ClNO2S/c15-11-5-3-10(4-6-11)8-14(18)16-9-12(17)13-2-1-7-19-13/h1-7H,8-9H2,(H,16,18). The fourth-order valence-corrected chi connectivity index (χ4v) is 2.34. The molecule has 1 heterocycles. The highest BCUT2D eigenvalue weighted by molar-refractivity contribution is 7.12.